The van der Waals surface area contributed by atoms with Gasteiger partial charge in [0.05, 0.1) is 12.0 Å². The fraction of sp³-hybridized carbons (Fsp3) is 0.188. The molecular weight excluding hydrogens is 508 g/mol. The van der Waals surface area contributed by atoms with Gasteiger partial charge in [-0.15, -0.1) is 0 Å². The maximum atomic E-state index is 13.0. The number of amides is 1. The van der Waals surface area contributed by atoms with Crippen LogP contribution < -0.4 is 0 Å². The first kappa shape index (κ1) is 28.0. The number of aromatic nitrogens is 1. The van der Waals surface area contributed by atoms with Gasteiger partial charge in [-0.05, 0) is 52.9 Å². The first-order valence-corrected chi connectivity index (χ1v) is 12.9. The Balaban J connectivity index is 1.60. The second kappa shape index (κ2) is 13.7. The van der Waals surface area contributed by atoms with Crippen LogP contribution in [0.4, 0.5) is 4.79 Å². The van der Waals surface area contributed by atoms with Crippen molar-refractivity contribution in [1.82, 2.24) is 9.88 Å². The average Bonchev–Trinajstić information content (AvgIpc) is 2.98. The van der Waals surface area contributed by atoms with Crippen molar-refractivity contribution in [1.29, 1.82) is 0 Å². The number of esters is 1. The van der Waals surface area contributed by atoms with E-state index in [0.717, 1.165) is 11.1 Å². The molecule has 1 aromatic heterocycles. The molecule has 0 spiro atoms. The first-order valence-electron chi connectivity index (χ1n) is 12.9. The Morgan fingerprint density at radius 2 is 1.45 bits per heavy atom. The van der Waals surface area contributed by atoms with E-state index in [1.807, 2.05) is 67.6 Å². The molecule has 0 radical (unpaired) electrons. The Kier molecular flexibility index (Phi) is 9.61. The highest BCUT2D eigenvalue weighted by molar-refractivity contribution is 5.90. The molecule has 0 bridgehead atoms. The normalized spacial score (nSPS) is 10.5. The molecule has 1 N–H and O–H groups in total. The summed E-state index contributed by atoms with van der Waals surface area (Å²) in [7, 11) is 0. The molecular formula is C32H30N2O6. The zero-order valence-electron chi connectivity index (χ0n) is 22.2. The van der Waals surface area contributed by atoms with E-state index in [4.69, 9.17) is 9.47 Å². The van der Waals surface area contributed by atoms with E-state index in [1.165, 1.54) is 11.1 Å². The molecule has 0 fully saturated rings. The molecule has 8 nitrogen and oxygen atoms in total. The fourth-order valence-electron chi connectivity index (χ4n) is 4.17. The highest BCUT2D eigenvalue weighted by Gasteiger charge is 2.19. The van der Waals surface area contributed by atoms with Crippen LogP contribution in [0.25, 0.3) is 11.1 Å². The molecule has 0 aliphatic rings. The minimum Gasteiger partial charge on any atom is -0.481 e. The lowest BCUT2D eigenvalue weighted by Gasteiger charge is -2.22. The number of ether oxygens (including phenoxy) is 2. The molecule has 0 unspecified atom stereocenters. The third-order valence-electron chi connectivity index (χ3n) is 6.22. The van der Waals surface area contributed by atoms with Crippen LogP contribution >= 0.6 is 0 Å². The van der Waals surface area contributed by atoms with E-state index in [1.54, 1.807) is 30.5 Å². The minimum absolute atomic E-state index is 0.130. The Labute approximate surface area is 232 Å². The van der Waals surface area contributed by atoms with Crippen molar-refractivity contribution in [3.05, 3.63) is 125 Å². The van der Waals surface area contributed by atoms with E-state index in [9.17, 15) is 19.5 Å². The summed E-state index contributed by atoms with van der Waals surface area (Å²) in [6, 6.07) is 25.6. The number of carboxylic acid groups (broad SMARTS) is 1. The van der Waals surface area contributed by atoms with Crippen molar-refractivity contribution in [3.63, 3.8) is 0 Å². The summed E-state index contributed by atoms with van der Waals surface area (Å²) < 4.78 is 11.1. The number of carbonyl (C=O) groups excluding carboxylic acids is 2. The molecule has 4 aromatic rings. The van der Waals surface area contributed by atoms with Crippen LogP contribution in [-0.4, -0.2) is 39.6 Å². The number of pyridine rings is 1. The molecule has 3 aromatic carbocycles. The van der Waals surface area contributed by atoms with Gasteiger partial charge >= 0.3 is 18.0 Å². The van der Waals surface area contributed by atoms with Crippen LogP contribution in [0.2, 0.25) is 0 Å². The number of benzene rings is 3. The molecule has 8 heteroatoms. The standard InChI is InChI=1S/C32H30N2O6/c1-2-34(32(38)40-22-24-11-7-4-8-12-24)20-28-17-26(31(37)39-21-23-9-5-3-6-10-23)13-14-29(28)27-15-25(16-30(35)36)18-33-19-27/h3-15,17-19H,2,16,20-22H2,1H3,(H,35,36). The molecule has 0 aliphatic carbocycles. The predicted octanol–water partition coefficient (Wildman–Crippen LogP) is 5.89. The second-order valence-corrected chi connectivity index (χ2v) is 9.14. The highest BCUT2D eigenvalue weighted by Crippen LogP contribution is 2.27. The van der Waals surface area contributed by atoms with Crippen LogP contribution in [-0.2, 0) is 40.4 Å². The maximum Gasteiger partial charge on any atom is 0.410 e. The van der Waals surface area contributed by atoms with E-state index < -0.39 is 18.0 Å². The van der Waals surface area contributed by atoms with Crippen LogP contribution in [0.3, 0.4) is 0 Å². The van der Waals surface area contributed by atoms with Crippen molar-refractivity contribution in [2.45, 2.75) is 33.1 Å². The van der Waals surface area contributed by atoms with Gasteiger partial charge in [0.2, 0.25) is 0 Å². The third-order valence-corrected chi connectivity index (χ3v) is 6.22. The molecule has 0 atom stereocenters. The van der Waals surface area contributed by atoms with E-state index in [2.05, 4.69) is 4.98 Å². The van der Waals surface area contributed by atoms with E-state index >= 15 is 0 Å². The van der Waals surface area contributed by atoms with Gasteiger partial charge in [-0.3, -0.25) is 9.78 Å². The largest absolute Gasteiger partial charge is 0.481 e. The Hall–Kier alpha value is -4.98. The predicted molar refractivity (Wildman–Crippen MR) is 149 cm³/mol. The number of hydrogen-bond acceptors (Lipinski definition) is 6. The number of carboxylic acids is 1. The van der Waals surface area contributed by atoms with Crippen LogP contribution in [0.1, 0.15) is 39.5 Å². The van der Waals surface area contributed by atoms with Crippen LogP contribution in [0.5, 0.6) is 0 Å². The third kappa shape index (κ3) is 7.77. The van der Waals surface area contributed by atoms with Gasteiger partial charge < -0.3 is 19.5 Å². The van der Waals surface area contributed by atoms with E-state index in [0.29, 0.717) is 34.4 Å². The van der Waals surface area contributed by atoms with Gasteiger partial charge in [-0.1, -0.05) is 66.7 Å². The SMILES string of the molecule is CCN(Cc1cc(C(=O)OCc2ccccc2)ccc1-c1cncc(CC(=O)O)c1)C(=O)OCc1ccccc1. The van der Waals surface area contributed by atoms with Gasteiger partial charge in [0, 0.05) is 31.0 Å². The lowest BCUT2D eigenvalue weighted by atomic mass is 9.97. The van der Waals surface area contributed by atoms with Crippen molar-refractivity contribution in [2.75, 3.05) is 6.54 Å². The van der Waals surface area contributed by atoms with Gasteiger partial charge in [0.25, 0.3) is 0 Å². The second-order valence-electron chi connectivity index (χ2n) is 9.14. The summed E-state index contributed by atoms with van der Waals surface area (Å²) in [6.07, 6.45) is 2.47. The lowest BCUT2D eigenvalue weighted by molar-refractivity contribution is -0.136. The molecule has 1 amide bonds. The topological polar surface area (TPSA) is 106 Å². The molecule has 204 valence electrons. The van der Waals surface area contributed by atoms with E-state index in [-0.39, 0.29) is 26.2 Å². The van der Waals surface area contributed by atoms with Gasteiger partial charge in [0.15, 0.2) is 0 Å². The Bertz CT molecular complexity index is 1460. The Morgan fingerprint density at radius 1 is 0.800 bits per heavy atom. The molecule has 0 saturated carbocycles. The van der Waals surface area contributed by atoms with Gasteiger partial charge in [-0.2, -0.15) is 0 Å². The zero-order valence-corrected chi connectivity index (χ0v) is 22.2. The molecule has 0 aliphatic heterocycles. The summed E-state index contributed by atoms with van der Waals surface area (Å²) in [5.74, 6) is -1.46. The number of hydrogen-bond donors (Lipinski definition) is 1. The number of rotatable bonds is 11. The molecule has 40 heavy (non-hydrogen) atoms. The summed E-state index contributed by atoms with van der Waals surface area (Å²) in [6.45, 7) is 2.63. The summed E-state index contributed by atoms with van der Waals surface area (Å²) in [5, 5.41) is 9.22. The van der Waals surface area contributed by atoms with Crippen molar-refractivity contribution >= 4 is 18.0 Å². The fourth-order valence-corrected chi connectivity index (χ4v) is 4.17. The number of nitrogens with zero attached hydrogens (tertiary/aromatic N) is 2. The highest BCUT2D eigenvalue weighted by atomic mass is 16.6. The number of aliphatic carboxylic acids is 1. The molecule has 0 saturated heterocycles. The number of carbonyl (C=O) groups is 3. The minimum atomic E-state index is -0.964. The summed E-state index contributed by atoms with van der Waals surface area (Å²) in [5.41, 5.74) is 4.67. The zero-order chi connectivity index (χ0) is 28.3. The maximum absolute atomic E-state index is 13.0. The van der Waals surface area contributed by atoms with Crippen LogP contribution in [0, 0.1) is 0 Å². The van der Waals surface area contributed by atoms with Crippen LogP contribution in [0.15, 0.2) is 97.3 Å². The quantitative estimate of drug-likeness (QED) is 0.237. The van der Waals surface area contributed by atoms with Gasteiger partial charge in [0.1, 0.15) is 13.2 Å². The average molecular weight is 539 g/mol. The Morgan fingerprint density at radius 3 is 2.08 bits per heavy atom. The smallest absolute Gasteiger partial charge is 0.410 e. The lowest BCUT2D eigenvalue weighted by Crippen LogP contribution is -2.31. The summed E-state index contributed by atoms with van der Waals surface area (Å²) >= 11 is 0. The monoisotopic (exact) mass is 538 g/mol. The first-order chi connectivity index (χ1) is 19.4. The van der Waals surface area contributed by atoms with Crippen molar-refractivity contribution in [3.8, 4) is 11.1 Å². The molecule has 4 rings (SSSR count). The van der Waals surface area contributed by atoms with Crippen molar-refractivity contribution in [2.24, 2.45) is 0 Å². The molecule has 1 heterocycles. The van der Waals surface area contributed by atoms with Gasteiger partial charge in [-0.25, -0.2) is 9.59 Å². The summed E-state index contributed by atoms with van der Waals surface area (Å²) in [4.78, 5) is 42.9. The van der Waals surface area contributed by atoms with Crippen molar-refractivity contribution < 1.29 is 29.0 Å².